The fourth-order valence-electron chi connectivity index (χ4n) is 4.05. The third-order valence-electron chi connectivity index (χ3n) is 5.54. The van der Waals surface area contributed by atoms with Gasteiger partial charge in [0.2, 0.25) is 0 Å². The van der Waals surface area contributed by atoms with Crippen molar-refractivity contribution in [3.63, 3.8) is 0 Å². The van der Waals surface area contributed by atoms with Gasteiger partial charge in [0.25, 0.3) is 11.8 Å². The Morgan fingerprint density at radius 3 is 2.96 bits per heavy atom. The number of hydrogen-bond acceptors (Lipinski definition) is 4. The molecule has 6 nitrogen and oxygen atoms in total. The van der Waals surface area contributed by atoms with Crippen LogP contribution in [0.4, 0.5) is 0 Å². The van der Waals surface area contributed by atoms with Gasteiger partial charge in [0.15, 0.2) is 0 Å². The molecule has 1 saturated heterocycles. The van der Waals surface area contributed by atoms with Gasteiger partial charge >= 0.3 is 0 Å². The quantitative estimate of drug-likeness (QED) is 0.868. The highest BCUT2D eigenvalue weighted by atomic mass is 32.1. The van der Waals surface area contributed by atoms with E-state index in [1.807, 2.05) is 4.90 Å². The summed E-state index contributed by atoms with van der Waals surface area (Å²) in [5, 5.41) is 6.88. The van der Waals surface area contributed by atoms with Crippen molar-refractivity contribution in [2.75, 3.05) is 13.1 Å². The molecule has 0 aromatic carbocycles. The average molecular weight is 372 g/mol. The van der Waals surface area contributed by atoms with Gasteiger partial charge in [-0.1, -0.05) is 6.92 Å². The lowest BCUT2D eigenvalue weighted by Gasteiger charge is -2.32. The predicted octanol–water partition coefficient (Wildman–Crippen LogP) is 2.71. The van der Waals surface area contributed by atoms with Crippen molar-refractivity contribution in [3.8, 4) is 0 Å². The molecule has 2 aromatic rings. The van der Waals surface area contributed by atoms with Crippen LogP contribution >= 0.6 is 11.3 Å². The van der Waals surface area contributed by atoms with Crippen LogP contribution in [0.2, 0.25) is 0 Å². The summed E-state index contributed by atoms with van der Waals surface area (Å²) in [6, 6.07) is 3.83. The molecule has 1 aliphatic carbocycles. The minimum absolute atomic E-state index is 0.136. The van der Waals surface area contributed by atoms with Crippen molar-refractivity contribution in [1.29, 1.82) is 0 Å². The number of amides is 2. The molecular formula is C19H24N4O2S. The normalized spacial score (nSPS) is 22.9. The average Bonchev–Trinajstić information content (AvgIpc) is 3.28. The van der Waals surface area contributed by atoms with E-state index in [1.165, 1.54) is 16.9 Å². The minimum Gasteiger partial charge on any atom is -0.364 e. The first-order valence-corrected chi connectivity index (χ1v) is 10.1. The van der Waals surface area contributed by atoms with Crippen molar-refractivity contribution < 1.29 is 9.59 Å². The number of carbonyl (C=O) groups excluding carboxylic acids is 2. The van der Waals surface area contributed by atoms with E-state index in [0.29, 0.717) is 12.5 Å². The Kier molecular flexibility index (Phi) is 4.56. The molecule has 4 rings (SSSR count). The Hall–Kier alpha value is -2.15. The Morgan fingerprint density at radius 1 is 1.35 bits per heavy atom. The van der Waals surface area contributed by atoms with E-state index in [9.17, 15) is 9.59 Å². The van der Waals surface area contributed by atoms with E-state index in [0.717, 1.165) is 42.8 Å². The number of nitrogens with one attached hydrogen (secondary N) is 1. The Bertz CT molecular complexity index is 840. The van der Waals surface area contributed by atoms with Gasteiger partial charge in [0, 0.05) is 29.6 Å². The van der Waals surface area contributed by atoms with E-state index in [-0.39, 0.29) is 17.5 Å². The van der Waals surface area contributed by atoms with E-state index in [1.54, 1.807) is 17.4 Å². The van der Waals surface area contributed by atoms with Crippen molar-refractivity contribution in [1.82, 2.24) is 15.1 Å². The first-order valence-electron chi connectivity index (χ1n) is 9.27. The van der Waals surface area contributed by atoms with Crippen LogP contribution in [-0.4, -0.2) is 40.0 Å². The first-order chi connectivity index (χ1) is 12.5. The highest BCUT2D eigenvalue weighted by molar-refractivity contribution is 7.14. The molecule has 2 amide bonds. The number of nitrogens with zero attached hydrogens (tertiary/aromatic N) is 2. The SMILES string of the molecule is C[C@H]1CCc2sc(C(=O)N3CCC[C@H](c4cc(C(N)=O)n[nH]4)C3)cc2C1. The number of thiophene rings is 1. The minimum atomic E-state index is -0.533. The van der Waals surface area contributed by atoms with Crippen molar-refractivity contribution in [2.24, 2.45) is 11.7 Å². The fraction of sp³-hybridized carbons (Fsp3) is 0.526. The van der Waals surface area contributed by atoms with E-state index in [2.05, 4.69) is 23.2 Å². The maximum atomic E-state index is 13.0. The molecule has 0 radical (unpaired) electrons. The zero-order chi connectivity index (χ0) is 18.3. The summed E-state index contributed by atoms with van der Waals surface area (Å²) in [5.41, 5.74) is 7.79. The second-order valence-electron chi connectivity index (χ2n) is 7.57. The van der Waals surface area contributed by atoms with E-state index < -0.39 is 5.91 Å². The van der Waals surface area contributed by atoms with Crippen LogP contribution in [0.1, 0.15) is 68.4 Å². The van der Waals surface area contributed by atoms with Gasteiger partial charge in [-0.3, -0.25) is 14.7 Å². The number of aromatic amines is 1. The van der Waals surface area contributed by atoms with Crippen molar-refractivity contribution in [3.05, 3.63) is 38.8 Å². The molecule has 7 heteroatoms. The highest BCUT2D eigenvalue weighted by Crippen LogP contribution is 2.34. The molecule has 26 heavy (non-hydrogen) atoms. The number of primary amides is 1. The largest absolute Gasteiger partial charge is 0.364 e. The molecule has 2 aliphatic rings. The first kappa shape index (κ1) is 17.3. The molecule has 138 valence electrons. The molecule has 0 unspecified atom stereocenters. The Balaban J connectivity index is 1.48. The zero-order valence-corrected chi connectivity index (χ0v) is 15.8. The third kappa shape index (κ3) is 3.28. The molecule has 0 bridgehead atoms. The van der Waals surface area contributed by atoms with Gasteiger partial charge in [-0.05, 0) is 55.7 Å². The smallest absolute Gasteiger partial charge is 0.269 e. The van der Waals surface area contributed by atoms with Crippen LogP contribution in [0.25, 0.3) is 0 Å². The second kappa shape index (κ2) is 6.87. The standard InChI is InChI=1S/C19H24N4O2S/c1-11-4-5-16-13(7-11)8-17(26-16)19(25)23-6-2-3-12(10-23)14-9-15(18(20)24)22-21-14/h8-9,11-12H,2-7,10H2,1H3,(H2,20,24)(H,21,22)/t11-,12-/m0/s1. The lowest BCUT2D eigenvalue weighted by atomic mass is 9.90. The number of aryl methyl sites for hydroxylation is 1. The van der Waals surface area contributed by atoms with Crippen LogP contribution < -0.4 is 5.73 Å². The summed E-state index contributed by atoms with van der Waals surface area (Å²) in [6.45, 7) is 3.71. The third-order valence-corrected chi connectivity index (χ3v) is 6.76. The number of H-pyrrole nitrogens is 1. The van der Waals surface area contributed by atoms with Crippen LogP contribution in [0.3, 0.4) is 0 Å². The maximum Gasteiger partial charge on any atom is 0.269 e. The maximum absolute atomic E-state index is 13.0. The fourth-order valence-corrected chi connectivity index (χ4v) is 5.23. The van der Waals surface area contributed by atoms with Gasteiger partial charge in [-0.2, -0.15) is 5.10 Å². The van der Waals surface area contributed by atoms with E-state index >= 15 is 0 Å². The number of hydrogen-bond donors (Lipinski definition) is 2. The summed E-state index contributed by atoms with van der Waals surface area (Å²) in [5.74, 6) is 0.480. The topological polar surface area (TPSA) is 92.1 Å². The molecule has 0 spiro atoms. The monoisotopic (exact) mass is 372 g/mol. The number of fused-ring (bicyclic) bond motifs is 1. The van der Waals surface area contributed by atoms with Gasteiger partial charge in [0.1, 0.15) is 5.69 Å². The number of piperidine rings is 1. The Labute approximate surface area is 156 Å². The lowest BCUT2D eigenvalue weighted by molar-refractivity contribution is 0.0710. The Morgan fingerprint density at radius 2 is 2.19 bits per heavy atom. The van der Waals surface area contributed by atoms with Crippen molar-refractivity contribution in [2.45, 2.75) is 44.9 Å². The molecule has 2 aromatic heterocycles. The van der Waals surface area contributed by atoms with Crippen LogP contribution in [0, 0.1) is 5.92 Å². The number of likely N-dealkylation sites (tertiary alicyclic amines) is 1. The molecule has 3 N–H and O–H groups in total. The summed E-state index contributed by atoms with van der Waals surface area (Å²) < 4.78 is 0. The summed E-state index contributed by atoms with van der Waals surface area (Å²) in [6.07, 6.45) is 5.33. The van der Waals surface area contributed by atoms with Crippen LogP contribution in [-0.2, 0) is 12.8 Å². The number of carbonyl (C=O) groups is 2. The summed E-state index contributed by atoms with van der Waals surface area (Å²) in [4.78, 5) is 28.5. The molecular weight excluding hydrogens is 348 g/mol. The van der Waals surface area contributed by atoms with Gasteiger partial charge < -0.3 is 10.6 Å². The number of rotatable bonds is 3. The van der Waals surface area contributed by atoms with Crippen LogP contribution in [0.15, 0.2) is 12.1 Å². The van der Waals surface area contributed by atoms with Gasteiger partial charge in [-0.25, -0.2) is 0 Å². The van der Waals surface area contributed by atoms with Crippen molar-refractivity contribution >= 4 is 23.2 Å². The lowest BCUT2D eigenvalue weighted by Crippen LogP contribution is -2.38. The van der Waals surface area contributed by atoms with Gasteiger partial charge in [-0.15, -0.1) is 11.3 Å². The summed E-state index contributed by atoms with van der Waals surface area (Å²) in [7, 11) is 0. The van der Waals surface area contributed by atoms with E-state index in [4.69, 9.17) is 5.73 Å². The molecule has 3 heterocycles. The van der Waals surface area contributed by atoms with Crippen LogP contribution in [0.5, 0.6) is 0 Å². The molecule has 1 fully saturated rings. The zero-order valence-electron chi connectivity index (χ0n) is 15.0. The van der Waals surface area contributed by atoms with Gasteiger partial charge in [0.05, 0.1) is 4.88 Å². The summed E-state index contributed by atoms with van der Waals surface area (Å²) >= 11 is 1.67. The predicted molar refractivity (Wildman–Crippen MR) is 100 cm³/mol. The highest BCUT2D eigenvalue weighted by Gasteiger charge is 2.29. The number of aromatic nitrogens is 2. The molecule has 1 aliphatic heterocycles. The molecule has 2 atom stereocenters. The molecule has 0 saturated carbocycles. The number of nitrogens with two attached hydrogens (primary N) is 1. The second-order valence-corrected chi connectivity index (χ2v) is 8.71.